The van der Waals surface area contributed by atoms with Crippen LogP contribution in [0.5, 0.6) is 0 Å². The van der Waals surface area contributed by atoms with E-state index in [2.05, 4.69) is 15.3 Å². The van der Waals surface area contributed by atoms with Crippen molar-refractivity contribution in [1.29, 1.82) is 0 Å². The minimum Gasteiger partial charge on any atom is -0.584 e. The zero-order valence-corrected chi connectivity index (χ0v) is 14.2. The van der Waals surface area contributed by atoms with Crippen molar-refractivity contribution in [2.45, 2.75) is 25.9 Å². The summed E-state index contributed by atoms with van der Waals surface area (Å²) in [5.74, 6) is -0.490. The normalized spacial score (nSPS) is 24.2. The summed E-state index contributed by atoms with van der Waals surface area (Å²) in [6.07, 6.45) is 2.68. The van der Waals surface area contributed by atoms with Crippen molar-refractivity contribution in [2.24, 2.45) is 5.10 Å². The first kappa shape index (κ1) is 17.2. The van der Waals surface area contributed by atoms with E-state index in [1.54, 1.807) is 12.1 Å². The number of hydrogen-bond donors (Lipinski definition) is 1. The Bertz CT molecular complexity index is 611. The minimum absolute atomic E-state index is 0.0467. The molecule has 1 aromatic carbocycles. The summed E-state index contributed by atoms with van der Waals surface area (Å²) in [5.41, 5.74) is 3.88. The second-order valence-corrected chi connectivity index (χ2v) is 6.19. The highest BCUT2D eigenvalue weighted by Crippen LogP contribution is 2.25. The molecule has 0 saturated carbocycles. The average molecular weight is 344 g/mol. The molecule has 1 aliphatic rings. The van der Waals surface area contributed by atoms with Crippen LogP contribution in [-0.2, 0) is 11.3 Å². The molecule has 2 atom stereocenters. The highest BCUT2D eigenvalue weighted by molar-refractivity contribution is 8.13. The largest absolute Gasteiger partial charge is 0.584 e. The molecule has 120 valence electrons. The average Bonchev–Trinajstić information content (AvgIpc) is 2.81. The SMILES string of the molecule is CCC1N[N+]([O-])(Cc2cc(Cl)cc(C(=O)OC)c2)N=C1SC. The smallest absolute Gasteiger partial charge is 0.337 e. The number of rotatable bonds is 4. The lowest BCUT2D eigenvalue weighted by Gasteiger charge is -2.32. The monoisotopic (exact) mass is 343 g/mol. The number of quaternary nitrogens is 1. The zero-order valence-electron chi connectivity index (χ0n) is 12.6. The van der Waals surface area contributed by atoms with Gasteiger partial charge in [-0.25, -0.2) is 4.79 Å². The van der Waals surface area contributed by atoms with E-state index in [1.807, 2.05) is 13.2 Å². The first-order chi connectivity index (χ1) is 10.4. The van der Waals surface area contributed by atoms with Crippen LogP contribution in [-0.4, -0.2) is 35.3 Å². The molecule has 1 aromatic rings. The van der Waals surface area contributed by atoms with Crippen LogP contribution in [0.2, 0.25) is 5.02 Å². The molecule has 0 amide bonds. The summed E-state index contributed by atoms with van der Waals surface area (Å²) in [6, 6.07) is 4.72. The quantitative estimate of drug-likeness (QED) is 0.517. The molecule has 2 unspecified atom stereocenters. The van der Waals surface area contributed by atoms with Crippen LogP contribution in [0.1, 0.15) is 29.3 Å². The highest BCUT2D eigenvalue weighted by Gasteiger charge is 2.34. The van der Waals surface area contributed by atoms with Crippen molar-refractivity contribution in [3.63, 3.8) is 0 Å². The number of thioether (sulfide) groups is 1. The summed E-state index contributed by atoms with van der Waals surface area (Å²) < 4.78 is 4.68. The molecular weight excluding hydrogens is 326 g/mol. The molecule has 6 nitrogen and oxygen atoms in total. The summed E-state index contributed by atoms with van der Waals surface area (Å²) in [5, 5.41) is 18.1. The van der Waals surface area contributed by atoms with Crippen LogP contribution in [0.25, 0.3) is 0 Å². The van der Waals surface area contributed by atoms with Crippen LogP contribution >= 0.6 is 23.4 Å². The molecular formula is C14H18ClN3O3S. The van der Waals surface area contributed by atoms with E-state index in [4.69, 9.17) is 11.6 Å². The van der Waals surface area contributed by atoms with Crippen LogP contribution in [0.15, 0.2) is 23.3 Å². The fourth-order valence-corrected chi connectivity index (χ4v) is 3.29. The Hall–Kier alpha value is -1.12. The molecule has 0 fully saturated rings. The lowest BCUT2D eigenvalue weighted by molar-refractivity contribution is -0.939. The zero-order chi connectivity index (χ0) is 16.3. The van der Waals surface area contributed by atoms with Crippen LogP contribution in [0.4, 0.5) is 0 Å². The third kappa shape index (κ3) is 3.80. The maximum Gasteiger partial charge on any atom is 0.337 e. The second kappa shape index (κ2) is 6.97. The van der Waals surface area contributed by atoms with Gasteiger partial charge in [0.05, 0.1) is 12.7 Å². The van der Waals surface area contributed by atoms with Crippen molar-refractivity contribution in [2.75, 3.05) is 13.4 Å². The number of halogens is 1. The van der Waals surface area contributed by atoms with E-state index >= 15 is 0 Å². The van der Waals surface area contributed by atoms with Crippen molar-refractivity contribution in [3.05, 3.63) is 39.6 Å². The first-order valence-electron chi connectivity index (χ1n) is 6.79. The molecule has 0 bridgehead atoms. The predicted molar refractivity (Wildman–Crippen MR) is 88.3 cm³/mol. The Balaban J connectivity index is 2.25. The van der Waals surface area contributed by atoms with Crippen LogP contribution in [0, 0.1) is 5.21 Å². The van der Waals surface area contributed by atoms with Crippen molar-refractivity contribution < 1.29 is 14.4 Å². The molecule has 0 spiro atoms. The number of methoxy groups -OCH3 is 1. The number of nitrogens with one attached hydrogen (secondary N) is 1. The third-order valence-corrected chi connectivity index (χ3v) is 4.31. The fraction of sp³-hybridized carbons (Fsp3) is 0.429. The van der Waals surface area contributed by atoms with Crippen molar-refractivity contribution >= 4 is 34.4 Å². The molecule has 1 aliphatic heterocycles. The Kier molecular flexibility index (Phi) is 5.46. The maximum atomic E-state index is 12.7. The van der Waals surface area contributed by atoms with Gasteiger partial charge < -0.3 is 9.94 Å². The van der Waals surface area contributed by atoms with E-state index in [0.717, 1.165) is 11.5 Å². The Labute approximate surface area is 138 Å². The van der Waals surface area contributed by atoms with Gasteiger partial charge in [-0.1, -0.05) is 23.6 Å². The number of carbonyl (C=O) groups excluding carboxylic acids is 1. The van der Waals surface area contributed by atoms with Crippen molar-refractivity contribution in [3.8, 4) is 0 Å². The lowest BCUT2D eigenvalue weighted by Crippen LogP contribution is -2.48. The van der Waals surface area contributed by atoms with Gasteiger partial charge >= 0.3 is 5.97 Å². The maximum absolute atomic E-state index is 12.7. The van der Waals surface area contributed by atoms with Gasteiger partial charge in [-0.05, 0) is 30.9 Å². The first-order valence-corrected chi connectivity index (χ1v) is 8.39. The van der Waals surface area contributed by atoms with Gasteiger partial charge in [0.25, 0.3) is 0 Å². The van der Waals surface area contributed by atoms with Gasteiger partial charge in [0.2, 0.25) is 0 Å². The number of carbonyl (C=O) groups is 1. The van der Waals surface area contributed by atoms with Gasteiger partial charge in [0.15, 0.2) is 5.04 Å². The van der Waals surface area contributed by atoms with E-state index in [1.165, 1.54) is 24.9 Å². The summed E-state index contributed by atoms with van der Waals surface area (Å²) >= 11 is 7.48. The number of ether oxygens (including phenoxy) is 1. The predicted octanol–water partition coefficient (Wildman–Crippen LogP) is 2.91. The number of esters is 1. The van der Waals surface area contributed by atoms with Crippen molar-refractivity contribution in [1.82, 2.24) is 5.43 Å². The van der Waals surface area contributed by atoms with Gasteiger partial charge in [0.1, 0.15) is 12.6 Å². The van der Waals surface area contributed by atoms with Gasteiger partial charge in [0, 0.05) is 10.6 Å². The molecule has 1 N–H and O–H groups in total. The number of hydroxylamine groups is 1. The molecule has 0 aromatic heterocycles. The van der Waals surface area contributed by atoms with E-state index < -0.39 is 10.8 Å². The minimum atomic E-state index is -0.907. The van der Waals surface area contributed by atoms with E-state index in [-0.39, 0.29) is 12.6 Å². The molecule has 0 radical (unpaired) electrons. The third-order valence-electron chi connectivity index (χ3n) is 3.31. The molecule has 1 heterocycles. The molecule has 0 saturated heterocycles. The van der Waals surface area contributed by atoms with E-state index in [9.17, 15) is 10.0 Å². The Morgan fingerprint density at radius 3 is 2.82 bits per heavy atom. The Morgan fingerprint density at radius 2 is 2.27 bits per heavy atom. The number of nitrogens with zero attached hydrogens (tertiary/aromatic N) is 2. The van der Waals surface area contributed by atoms with Gasteiger partial charge in [-0.15, -0.1) is 22.1 Å². The lowest BCUT2D eigenvalue weighted by atomic mass is 10.1. The van der Waals surface area contributed by atoms with Crippen LogP contribution < -0.4 is 5.43 Å². The fourth-order valence-electron chi connectivity index (χ4n) is 2.31. The molecule has 2 rings (SSSR count). The summed E-state index contributed by atoms with van der Waals surface area (Å²) in [6.45, 7) is 2.04. The molecule has 8 heteroatoms. The molecule has 0 aliphatic carbocycles. The standard InChI is InChI=1S/C14H18ClN3O3S/c1-4-12-13(22-3)17-18(20,16-12)8-9-5-10(14(19)21-2)7-11(15)6-9/h5-7,12,16H,4,8H2,1-3H3. The topological polar surface area (TPSA) is 73.8 Å². The summed E-state index contributed by atoms with van der Waals surface area (Å²) in [7, 11) is 1.30. The van der Waals surface area contributed by atoms with Gasteiger partial charge in [-0.2, -0.15) is 0 Å². The molecule has 22 heavy (non-hydrogen) atoms. The van der Waals surface area contributed by atoms with E-state index in [0.29, 0.717) is 16.1 Å². The summed E-state index contributed by atoms with van der Waals surface area (Å²) in [4.78, 5) is 10.7. The highest BCUT2D eigenvalue weighted by atomic mass is 35.5. The second-order valence-electron chi connectivity index (χ2n) is 4.93. The Morgan fingerprint density at radius 1 is 1.55 bits per heavy atom. The number of benzene rings is 1. The van der Waals surface area contributed by atoms with Crippen LogP contribution in [0.3, 0.4) is 0 Å². The van der Waals surface area contributed by atoms with Gasteiger partial charge in [-0.3, -0.25) is 0 Å². The number of hydrogen-bond acceptors (Lipinski definition) is 6.